The van der Waals surface area contributed by atoms with E-state index in [0.717, 1.165) is 0 Å². The van der Waals surface area contributed by atoms with Gasteiger partial charge in [0, 0.05) is 0 Å². The number of nitrogens with zero attached hydrogens (tertiary/aromatic N) is 18. The van der Waals surface area contributed by atoms with Gasteiger partial charge >= 0.3 is 359 Å². The Kier molecular flexibility index (Phi) is 20.5. The summed E-state index contributed by atoms with van der Waals surface area (Å²) in [4.78, 5) is 0. The molecular formula is C30H90N18P7Se+3. The summed E-state index contributed by atoms with van der Waals surface area (Å²) >= 11 is 4.15. The van der Waals surface area contributed by atoms with Gasteiger partial charge in [-0.3, -0.25) is 0 Å². The molecule has 0 radical (unpaired) electrons. The standard InChI is InChI=1S/C30H90N18P7Se/c1-34(2)49(31-53(37(7)8,38(9)10,39(11)12)40(13)14)52(56,50(35(3)4)32-54(41(15)16,42(17)18,43(19)20)44(21)22)51(36(5)6)33-55(45(23)24,46(25)26,47(27)28)48(29)30/h1-30H3/q+3. The third kappa shape index (κ3) is 7.93. The van der Waals surface area contributed by atoms with E-state index < -0.39 is 49.3 Å². The van der Waals surface area contributed by atoms with Crippen LogP contribution in [0.15, 0.2) is 13.5 Å². The van der Waals surface area contributed by atoms with Gasteiger partial charge in [0.1, 0.15) is 0 Å². The third-order valence-electron chi connectivity index (χ3n) is 11.1. The van der Waals surface area contributed by atoms with Gasteiger partial charge in [-0.2, -0.15) is 0 Å². The van der Waals surface area contributed by atoms with Crippen LogP contribution in [0.1, 0.15) is 0 Å². The zero-order chi connectivity index (χ0) is 45.4. The second-order valence-corrected chi connectivity index (χ2v) is 59.5. The molecule has 0 aliphatic rings. The second kappa shape index (κ2) is 19.8. The fourth-order valence-electron chi connectivity index (χ4n) is 9.14. The summed E-state index contributed by atoms with van der Waals surface area (Å²) in [5.41, 5.74) is 0. The Morgan fingerprint density at radius 1 is 0.268 bits per heavy atom. The number of rotatable bonds is 21. The van der Waals surface area contributed by atoms with Crippen molar-refractivity contribution in [1.29, 1.82) is 0 Å². The van der Waals surface area contributed by atoms with Crippen LogP contribution in [0.4, 0.5) is 0 Å². The Labute approximate surface area is 357 Å². The molecule has 0 aromatic carbocycles. The average molecular weight is 999 g/mol. The van der Waals surface area contributed by atoms with E-state index in [1.807, 2.05) is 0 Å². The van der Waals surface area contributed by atoms with Gasteiger partial charge in [-0.05, 0) is 0 Å². The maximum absolute atomic E-state index is 6.50. The summed E-state index contributed by atoms with van der Waals surface area (Å²) < 4.78 is 52.5. The minimum atomic E-state index is -3.62. The van der Waals surface area contributed by atoms with Crippen LogP contribution in [0.2, 0.25) is 0 Å². The topological polar surface area (TPSA) is 85.7 Å². The van der Waals surface area contributed by atoms with E-state index in [9.17, 15) is 0 Å². The van der Waals surface area contributed by atoms with E-state index in [-0.39, 0.29) is 0 Å². The van der Waals surface area contributed by atoms with Gasteiger partial charge in [-0.15, -0.1) is 0 Å². The monoisotopic (exact) mass is 999 g/mol. The SMILES string of the molecule is CN(C)[P+](=NP(N(C)C)(N(C)C)(N(C)C)N(C)C)P(=[Se])([P+](=NP(N(C)C)(N(C)C)(N(C)C)N(C)C)N(C)C)[P+](=NP(N(C)C)(N(C)C)(N(C)C)N(C)C)N(C)C. The Bertz CT molecular complexity index is 1190. The Balaban J connectivity index is 10.8. The van der Waals surface area contributed by atoms with Crippen LogP contribution in [0, 0.1) is 0 Å². The van der Waals surface area contributed by atoms with Gasteiger partial charge in [0.25, 0.3) is 0 Å². The van der Waals surface area contributed by atoms with Crippen molar-refractivity contribution >= 4 is 64.4 Å². The first-order chi connectivity index (χ1) is 25.0. The predicted molar refractivity (Wildman–Crippen MR) is 267 cm³/mol. The molecule has 0 aromatic heterocycles. The Hall–Kier alpha value is 1.94. The maximum atomic E-state index is 6.50. The van der Waals surface area contributed by atoms with Crippen molar-refractivity contribution in [2.75, 3.05) is 211 Å². The normalized spacial score (nSPS) is 18.7. The molecule has 0 rings (SSSR count). The fourth-order valence-corrected chi connectivity index (χ4v) is 82.4. The van der Waals surface area contributed by atoms with Crippen LogP contribution in [0.3, 0.4) is 0 Å². The molecule has 56 heavy (non-hydrogen) atoms. The van der Waals surface area contributed by atoms with E-state index in [1.54, 1.807) is 0 Å². The Morgan fingerprint density at radius 3 is 0.446 bits per heavy atom. The summed E-state index contributed by atoms with van der Waals surface area (Å²) in [6.45, 7) is 0. The van der Waals surface area contributed by atoms with Crippen LogP contribution in [-0.4, -0.2) is 297 Å². The van der Waals surface area contributed by atoms with Gasteiger partial charge in [0.2, 0.25) is 0 Å². The van der Waals surface area contributed by atoms with Crippen molar-refractivity contribution in [3.05, 3.63) is 0 Å². The molecule has 26 heteroatoms. The van der Waals surface area contributed by atoms with Crippen LogP contribution >= 0.6 is 49.3 Å². The summed E-state index contributed by atoms with van der Waals surface area (Å²) in [5, 5.41) is 0. The van der Waals surface area contributed by atoms with Crippen LogP contribution in [-0.2, 0) is 0 Å². The molecule has 0 aromatic rings. The molecule has 18 nitrogen and oxygen atoms in total. The third-order valence-corrected chi connectivity index (χ3v) is 64.0. The zero-order valence-electron chi connectivity index (χ0n) is 41.6. The molecule has 3 atom stereocenters. The zero-order valence-corrected chi connectivity index (χ0v) is 49.6. The molecule has 0 aliphatic heterocycles. The van der Waals surface area contributed by atoms with Crippen molar-refractivity contribution in [3.63, 3.8) is 0 Å². The first kappa shape index (κ1) is 57.9. The van der Waals surface area contributed by atoms with Gasteiger partial charge in [-0.25, -0.2) is 0 Å². The first-order valence-corrected chi connectivity index (χ1v) is 34.3. The van der Waals surface area contributed by atoms with Crippen LogP contribution in [0.25, 0.3) is 0 Å². The quantitative estimate of drug-likeness (QED) is 0.0942. The molecule has 0 bridgehead atoms. The molecule has 0 heterocycles. The summed E-state index contributed by atoms with van der Waals surface area (Å²) in [5.74, 6) is 0. The van der Waals surface area contributed by atoms with Crippen LogP contribution in [0.5, 0.6) is 0 Å². The molecule has 0 aliphatic carbocycles. The van der Waals surface area contributed by atoms with E-state index in [1.165, 1.54) is 0 Å². The summed E-state index contributed by atoms with van der Waals surface area (Å²) in [6, 6.07) is 0. The van der Waals surface area contributed by atoms with E-state index in [0.29, 0.717) is 0 Å². The van der Waals surface area contributed by atoms with Gasteiger partial charge < -0.3 is 0 Å². The Morgan fingerprint density at radius 2 is 0.375 bits per heavy atom. The van der Waals surface area contributed by atoms with Crippen LogP contribution < -0.4 is 0 Å². The van der Waals surface area contributed by atoms with Crippen molar-refractivity contribution in [2.24, 2.45) is 13.5 Å². The first-order valence-electron chi connectivity index (χ1n) is 18.4. The van der Waals surface area contributed by atoms with Crippen molar-refractivity contribution in [3.8, 4) is 0 Å². The van der Waals surface area contributed by atoms with Gasteiger partial charge in [0.05, 0.1) is 0 Å². The molecule has 0 amide bonds. The number of hydrogen-bond donors (Lipinski definition) is 0. The molecule has 0 spiro atoms. The molecule has 3 unspecified atom stereocenters. The molecule has 0 saturated heterocycles. The molecule has 0 fully saturated rings. The molecule has 0 saturated carbocycles. The second-order valence-electron chi connectivity index (χ2n) is 17.0. The summed E-state index contributed by atoms with van der Waals surface area (Å²) in [6.07, 6.45) is 0. The molecular weight excluding hydrogens is 908 g/mol. The summed E-state index contributed by atoms with van der Waals surface area (Å²) in [7, 11) is 50.8. The minimum absolute atomic E-state index is 1.39. The van der Waals surface area contributed by atoms with E-state index in [4.69, 9.17) is 13.5 Å². The van der Waals surface area contributed by atoms with Crippen molar-refractivity contribution in [2.45, 2.75) is 0 Å². The molecule has 338 valence electrons. The van der Waals surface area contributed by atoms with Gasteiger partial charge in [-0.1, -0.05) is 0 Å². The average Bonchev–Trinajstić information content (AvgIpc) is 3.00. The van der Waals surface area contributed by atoms with Crippen molar-refractivity contribution in [1.82, 2.24) is 70.1 Å². The molecule has 0 N–H and O–H groups in total. The van der Waals surface area contributed by atoms with E-state index >= 15 is 0 Å². The fraction of sp³-hybridized carbons (Fsp3) is 1.00. The van der Waals surface area contributed by atoms with Crippen molar-refractivity contribution < 1.29 is 0 Å². The van der Waals surface area contributed by atoms with E-state index in [2.05, 4.69) is 297 Å². The predicted octanol–water partition coefficient (Wildman–Crippen LogP) is 6.38. The number of hydrogen-bond acceptors (Lipinski definition) is 15. The van der Waals surface area contributed by atoms with Gasteiger partial charge in [0.15, 0.2) is 0 Å².